The van der Waals surface area contributed by atoms with Crippen molar-refractivity contribution in [2.75, 3.05) is 13.1 Å². The summed E-state index contributed by atoms with van der Waals surface area (Å²) >= 11 is 0. The molecule has 0 radical (unpaired) electrons. The second kappa shape index (κ2) is 8.71. The molecule has 0 bridgehead atoms. The van der Waals surface area contributed by atoms with Gasteiger partial charge >= 0.3 is 18.1 Å². The van der Waals surface area contributed by atoms with Crippen molar-refractivity contribution in [3.63, 3.8) is 0 Å². The molecule has 0 saturated carbocycles. The molecule has 3 N–H and O–H groups in total. The Kier molecular flexibility index (Phi) is 6.83. The fourth-order valence-electron chi connectivity index (χ4n) is 3.29. The van der Waals surface area contributed by atoms with E-state index in [1.54, 1.807) is 6.07 Å². The molecule has 1 aromatic rings. The summed E-state index contributed by atoms with van der Waals surface area (Å²) in [7, 11) is 0. The number of cyclic esters (lactones) is 1. The summed E-state index contributed by atoms with van der Waals surface area (Å²) in [4.78, 5) is 20.4. The maximum Gasteiger partial charge on any atom is 0.490 e. The van der Waals surface area contributed by atoms with Crippen LogP contribution in [0.3, 0.4) is 0 Å². The number of ether oxygens (including phenoxy) is 1. The van der Waals surface area contributed by atoms with Crippen molar-refractivity contribution in [3.05, 3.63) is 34.4 Å². The lowest BCUT2D eigenvalue weighted by atomic mass is 9.87. The van der Waals surface area contributed by atoms with Crippen molar-refractivity contribution in [1.82, 2.24) is 5.32 Å². The fraction of sp³-hybridized carbons (Fsp3) is 0.556. The Balaban J connectivity index is 0.000000321. The van der Waals surface area contributed by atoms with Crippen LogP contribution in [-0.2, 0) is 16.1 Å². The second-order valence-electron chi connectivity index (χ2n) is 6.63. The van der Waals surface area contributed by atoms with Crippen LogP contribution in [0.25, 0.3) is 0 Å². The molecule has 1 unspecified atom stereocenters. The van der Waals surface area contributed by atoms with Gasteiger partial charge in [-0.15, -0.1) is 0 Å². The molecule has 6 nitrogen and oxygen atoms in total. The average Bonchev–Trinajstić information content (AvgIpc) is 2.98. The van der Waals surface area contributed by atoms with E-state index in [2.05, 4.69) is 5.32 Å². The molecular weight excluding hydrogens is 367 g/mol. The number of carbonyl (C=O) groups is 2. The van der Waals surface area contributed by atoms with Crippen LogP contribution in [0.4, 0.5) is 13.2 Å². The Hall–Kier alpha value is -2.13. The van der Waals surface area contributed by atoms with Crippen molar-refractivity contribution in [3.8, 4) is 0 Å². The Labute approximate surface area is 154 Å². The summed E-state index contributed by atoms with van der Waals surface area (Å²) in [5.74, 6) is -2.42. The molecule has 1 saturated heterocycles. The molecule has 1 aromatic carbocycles. The number of piperidine rings is 1. The quantitative estimate of drug-likeness (QED) is 0.688. The van der Waals surface area contributed by atoms with E-state index >= 15 is 0 Å². The van der Waals surface area contributed by atoms with E-state index in [0.717, 1.165) is 49.0 Å². The Morgan fingerprint density at radius 2 is 1.93 bits per heavy atom. The lowest BCUT2D eigenvalue weighted by Gasteiger charge is -2.25. The van der Waals surface area contributed by atoms with Gasteiger partial charge in [-0.25, -0.2) is 9.59 Å². The molecule has 0 amide bonds. The number of hydrogen-bond donors (Lipinski definition) is 3. The molecule has 2 heterocycles. The summed E-state index contributed by atoms with van der Waals surface area (Å²) in [5, 5.41) is 21.0. The zero-order valence-corrected chi connectivity index (χ0v) is 14.8. The van der Waals surface area contributed by atoms with Crippen LogP contribution in [0.1, 0.15) is 52.4 Å². The zero-order valence-electron chi connectivity index (χ0n) is 14.8. The van der Waals surface area contributed by atoms with Gasteiger partial charge in [0.25, 0.3) is 0 Å². The summed E-state index contributed by atoms with van der Waals surface area (Å²) in [6.07, 6.45) is -2.47. The van der Waals surface area contributed by atoms with Gasteiger partial charge in [-0.2, -0.15) is 13.2 Å². The molecule has 1 fully saturated rings. The number of benzene rings is 1. The predicted molar refractivity (Wildman–Crippen MR) is 89.2 cm³/mol. The molecule has 3 rings (SSSR count). The molecule has 150 valence electrons. The van der Waals surface area contributed by atoms with E-state index in [0.29, 0.717) is 18.1 Å². The molecular formula is C18H22F3NO5. The van der Waals surface area contributed by atoms with Crippen molar-refractivity contribution in [1.29, 1.82) is 0 Å². The molecule has 2 aliphatic heterocycles. The highest BCUT2D eigenvalue weighted by Crippen LogP contribution is 2.33. The SMILES string of the molecule is Cc1c(C(O)CC2CCNCC2)ccc2c1COC2=O.O=C(O)C(F)(F)F. The first kappa shape index (κ1) is 21.2. The van der Waals surface area contributed by atoms with Crippen LogP contribution in [-0.4, -0.2) is 41.4 Å². The highest BCUT2D eigenvalue weighted by atomic mass is 19.4. The number of hydrogen-bond acceptors (Lipinski definition) is 5. The van der Waals surface area contributed by atoms with Gasteiger partial charge in [-0.3, -0.25) is 0 Å². The minimum absolute atomic E-state index is 0.248. The number of aliphatic carboxylic acids is 1. The van der Waals surface area contributed by atoms with Crippen LogP contribution in [0.15, 0.2) is 12.1 Å². The molecule has 0 aromatic heterocycles. The first-order valence-electron chi connectivity index (χ1n) is 8.59. The molecule has 1 atom stereocenters. The first-order valence-corrected chi connectivity index (χ1v) is 8.59. The molecule has 2 aliphatic rings. The van der Waals surface area contributed by atoms with Gasteiger partial charge in [0, 0.05) is 5.56 Å². The number of carbonyl (C=O) groups excluding carboxylic acids is 1. The van der Waals surface area contributed by atoms with Crippen LogP contribution in [0, 0.1) is 12.8 Å². The van der Waals surface area contributed by atoms with Gasteiger partial charge in [-0.05, 0) is 62.4 Å². The van der Waals surface area contributed by atoms with Gasteiger partial charge in [0.2, 0.25) is 0 Å². The van der Waals surface area contributed by atoms with Crippen LogP contribution < -0.4 is 5.32 Å². The van der Waals surface area contributed by atoms with E-state index in [1.807, 2.05) is 13.0 Å². The van der Waals surface area contributed by atoms with Crippen molar-refractivity contribution < 1.29 is 37.7 Å². The van der Waals surface area contributed by atoms with Crippen LogP contribution in [0.2, 0.25) is 0 Å². The summed E-state index contributed by atoms with van der Waals surface area (Å²) in [6, 6.07) is 3.67. The summed E-state index contributed by atoms with van der Waals surface area (Å²) in [5.41, 5.74) is 3.55. The van der Waals surface area contributed by atoms with Crippen molar-refractivity contribution >= 4 is 11.9 Å². The Bertz CT molecular complexity index is 699. The molecule has 0 aliphatic carbocycles. The third kappa shape index (κ3) is 5.43. The van der Waals surface area contributed by atoms with Gasteiger partial charge in [-0.1, -0.05) is 6.07 Å². The number of fused-ring (bicyclic) bond motifs is 1. The minimum Gasteiger partial charge on any atom is -0.475 e. The predicted octanol–water partition coefficient (Wildman–Crippen LogP) is 2.72. The lowest BCUT2D eigenvalue weighted by Crippen LogP contribution is -2.28. The topological polar surface area (TPSA) is 95.9 Å². The van der Waals surface area contributed by atoms with E-state index < -0.39 is 18.2 Å². The highest BCUT2D eigenvalue weighted by Gasteiger charge is 2.38. The van der Waals surface area contributed by atoms with Gasteiger partial charge in [0.05, 0.1) is 11.7 Å². The van der Waals surface area contributed by atoms with Crippen LogP contribution in [0.5, 0.6) is 0 Å². The number of esters is 1. The third-order valence-electron chi connectivity index (χ3n) is 4.82. The number of carboxylic acid groups (broad SMARTS) is 1. The van der Waals surface area contributed by atoms with E-state index in [9.17, 15) is 23.1 Å². The molecule has 27 heavy (non-hydrogen) atoms. The van der Waals surface area contributed by atoms with Gasteiger partial charge < -0.3 is 20.3 Å². The largest absolute Gasteiger partial charge is 0.490 e. The van der Waals surface area contributed by atoms with Crippen LogP contribution >= 0.6 is 0 Å². The summed E-state index contributed by atoms with van der Waals surface area (Å²) < 4.78 is 36.8. The number of halogens is 3. The smallest absolute Gasteiger partial charge is 0.475 e. The zero-order chi connectivity index (χ0) is 20.2. The summed E-state index contributed by atoms with van der Waals surface area (Å²) in [6.45, 7) is 4.40. The minimum atomic E-state index is -5.08. The molecule has 0 spiro atoms. The first-order chi connectivity index (χ1) is 12.6. The maximum atomic E-state index is 11.5. The van der Waals surface area contributed by atoms with E-state index in [-0.39, 0.29) is 5.97 Å². The molecule has 9 heteroatoms. The number of carboxylic acids is 1. The second-order valence-corrected chi connectivity index (χ2v) is 6.63. The van der Waals surface area contributed by atoms with E-state index in [4.69, 9.17) is 14.6 Å². The van der Waals surface area contributed by atoms with Gasteiger partial charge in [0.15, 0.2) is 0 Å². The number of aliphatic hydroxyl groups excluding tert-OH is 1. The number of nitrogens with one attached hydrogen (secondary N) is 1. The normalized spacial score (nSPS) is 18.2. The Morgan fingerprint density at radius 3 is 2.48 bits per heavy atom. The van der Waals surface area contributed by atoms with Crippen molar-refractivity contribution in [2.24, 2.45) is 5.92 Å². The number of aliphatic hydroxyl groups is 1. The number of alkyl halides is 3. The monoisotopic (exact) mass is 389 g/mol. The third-order valence-corrected chi connectivity index (χ3v) is 4.82. The Morgan fingerprint density at radius 1 is 1.33 bits per heavy atom. The van der Waals surface area contributed by atoms with Crippen molar-refractivity contribution in [2.45, 2.75) is 45.1 Å². The average molecular weight is 389 g/mol. The standard InChI is InChI=1S/C16H21NO3.C2HF3O2/c1-10-12(2-3-13-14(10)9-20-16(13)19)15(18)8-11-4-6-17-7-5-11;3-2(4,5)1(6)7/h2-3,11,15,17-18H,4-9H2,1H3;(H,6,7). The fourth-order valence-corrected chi connectivity index (χ4v) is 3.29. The van der Waals surface area contributed by atoms with E-state index in [1.165, 1.54) is 0 Å². The maximum absolute atomic E-state index is 11.5. The lowest BCUT2D eigenvalue weighted by molar-refractivity contribution is -0.192. The highest BCUT2D eigenvalue weighted by molar-refractivity contribution is 5.93. The number of rotatable bonds is 3. The van der Waals surface area contributed by atoms with Gasteiger partial charge in [0.1, 0.15) is 6.61 Å².